The van der Waals surface area contributed by atoms with Crippen molar-refractivity contribution in [2.75, 3.05) is 24.1 Å². The van der Waals surface area contributed by atoms with Gasteiger partial charge in [-0.3, -0.25) is 9.55 Å². The minimum Gasteiger partial charge on any atom is -0.433 e. The lowest BCUT2D eigenvalue weighted by Gasteiger charge is -2.40. The Kier molecular flexibility index (Phi) is 8.68. The summed E-state index contributed by atoms with van der Waals surface area (Å²) < 4.78 is 31.5. The van der Waals surface area contributed by atoms with E-state index in [0.29, 0.717) is 71.4 Å². The fourth-order valence-corrected chi connectivity index (χ4v) is 5.89. The van der Waals surface area contributed by atoms with E-state index in [2.05, 4.69) is 30.0 Å². The smallest absolute Gasteiger partial charge is 0.387 e. The van der Waals surface area contributed by atoms with Crippen molar-refractivity contribution in [1.82, 2.24) is 39.4 Å². The van der Waals surface area contributed by atoms with E-state index < -0.39 is 12.5 Å². The van der Waals surface area contributed by atoms with Gasteiger partial charge in [0.2, 0.25) is 5.82 Å². The SMILES string of the molecule is N#Cc1nccc(NC2CCN(C(O)(O)c3ccc(-n4c(-c5cccnc5N)nc5ccc(-c6ccc(OC(F)F)cn6)nc54)cc3)CC2)n1. The number of halogens is 2. The molecule has 1 aromatic carbocycles. The number of nitrogen functional groups attached to an aromatic ring is 1. The molecule has 14 nitrogen and oxygen atoms in total. The van der Waals surface area contributed by atoms with Crippen molar-refractivity contribution in [2.45, 2.75) is 31.4 Å². The molecule has 6 aromatic rings. The molecule has 7 rings (SSSR count). The van der Waals surface area contributed by atoms with Gasteiger partial charge in [0.05, 0.1) is 23.1 Å². The molecule has 5 N–H and O–H groups in total. The van der Waals surface area contributed by atoms with Crippen molar-refractivity contribution in [3.05, 3.63) is 96.7 Å². The largest absolute Gasteiger partial charge is 0.433 e. The van der Waals surface area contributed by atoms with Gasteiger partial charge in [0.1, 0.15) is 29.0 Å². The maximum Gasteiger partial charge on any atom is 0.387 e. The van der Waals surface area contributed by atoms with Crippen LogP contribution in [0.2, 0.25) is 0 Å². The summed E-state index contributed by atoms with van der Waals surface area (Å²) in [6.07, 6.45) is 5.50. The molecule has 252 valence electrons. The molecular weight excluding hydrogens is 648 g/mol. The lowest BCUT2D eigenvalue weighted by molar-refractivity contribution is -0.279. The summed E-state index contributed by atoms with van der Waals surface area (Å²) in [6, 6.07) is 20.3. The highest BCUT2D eigenvalue weighted by Crippen LogP contribution is 2.33. The first kappa shape index (κ1) is 32.4. The molecule has 0 unspecified atom stereocenters. The van der Waals surface area contributed by atoms with Gasteiger partial charge in [-0.05, 0) is 67.4 Å². The summed E-state index contributed by atoms with van der Waals surface area (Å²) in [7, 11) is 0. The second-order valence-corrected chi connectivity index (χ2v) is 11.5. The number of ether oxygens (including phenoxy) is 1. The second-order valence-electron chi connectivity index (χ2n) is 11.5. The summed E-state index contributed by atoms with van der Waals surface area (Å²) in [5.74, 6) is -1.01. The van der Waals surface area contributed by atoms with Crippen LogP contribution in [0.25, 0.3) is 39.6 Å². The van der Waals surface area contributed by atoms with E-state index in [9.17, 15) is 19.0 Å². The minimum absolute atomic E-state index is 0.0234. The first-order chi connectivity index (χ1) is 24.2. The van der Waals surface area contributed by atoms with E-state index in [1.807, 2.05) is 6.07 Å². The Morgan fingerprint density at radius 2 is 1.70 bits per heavy atom. The van der Waals surface area contributed by atoms with Crippen LogP contribution in [0.15, 0.2) is 85.3 Å². The third kappa shape index (κ3) is 6.48. The summed E-state index contributed by atoms with van der Waals surface area (Å²) >= 11 is 0. The van der Waals surface area contributed by atoms with Gasteiger partial charge in [0.25, 0.3) is 5.91 Å². The molecule has 16 heteroatoms. The number of benzene rings is 1. The lowest BCUT2D eigenvalue weighted by Crippen LogP contribution is -2.51. The van der Waals surface area contributed by atoms with Gasteiger partial charge in [-0.15, -0.1) is 0 Å². The normalized spacial score (nSPS) is 14.2. The lowest BCUT2D eigenvalue weighted by atomic mass is 10.0. The number of rotatable bonds is 9. The molecular formula is C34H29F2N11O3. The van der Waals surface area contributed by atoms with E-state index >= 15 is 0 Å². The molecule has 0 bridgehead atoms. The van der Waals surface area contributed by atoms with Crippen LogP contribution in [0, 0.1) is 11.3 Å². The van der Waals surface area contributed by atoms with Crippen LogP contribution in [0.3, 0.4) is 0 Å². The number of nitrogens with one attached hydrogen (secondary N) is 1. The average molecular weight is 678 g/mol. The quantitative estimate of drug-likeness (QED) is 0.160. The van der Waals surface area contributed by atoms with Crippen LogP contribution in [0.1, 0.15) is 24.2 Å². The van der Waals surface area contributed by atoms with E-state index in [1.165, 1.54) is 24.5 Å². The van der Waals surface area contributed by atoms with Gasteiger partial charge in [-0.1, -0.05) is 12.1 Å². The number of aliphatic hydroxyl groups is 2. The van der Waals surface area contributed by atoms with Crippen molar-refractivity contribution in [3.63, 3.8) is 0 Å². The van der Waals surface area contributed by atoms with Crippen LogP contribution < -0.4 is 15.8 Å². The topological polar surface area (TPSA) is 197 Å². The monoisotopic (exact) mass is 677 g/mol. The Morgan fingerprint density at radius 3 is 2.40 bits per heavy atom. The van der Waals surface area contributed by atoms with Crippen molar-refractivity contribution >= 4 is 22.8 Å². The number of piperidine rings is 1. The zero-order chi connectivity index (χ0) is 34.8. The first-order valence-electron chi connectivity index (χ1n) is 15.5. The van der Waals surface area contributed by atoms with Gasteiger partial charge in [-0.2, -0.15) is 14.0 Å². The summed E-state index contributed by atoms with van der Waals surface area (Å²) in [4.78, 5) is 27.8. The number of pyridine rings is 3. The average Bonchev–Trinajstić information content (AvgIpc) is 3.51. The fourth-order valence-electron chi connectivity index (χ4n) is 5.89. The third-order valence-electron chi connectivity index (χ3n) is 8.36. The standard InChI is InChI=1S/C34H29F2N11O3/c35-33(36)50-23-7-8-25(41-19-23)26-9-10-27-32(43-26)47(31(44-27)24-2-1-14-40-30(24)38)22-5-3-20(4-6-22)34(48,49)46-16-12-21(13-17-46)42-28-11-15-39-29(18-37)45-28/h1-11,14-15,19,21,33,48-49H,12-13,16-17H2,(H2,38,40)(H,39,42,45). The molecule has 50 heavy (non-hydrogen) atoms. The molecule has 0 atom stereocenters. The number of likely N-dealkylation sites (tertiary alicyclic amines) is 1. The zero-order valence-electron chi connectivity index (χ0n) is 26.2. The van der Waals surface area contributed by atoms with E-state index in [1.54, 1.807) is 70.3 Å². The predicted octanol–water partition coefficient (Wildman–Crippen LogP) is 4.06. The summed E-state index contributed by atoms with van der Waals surface area (Å²) in [5.41, 5.74) is 9.55. The minimum atomic E-state index is -2.97. The Hall–Kier alpha value is -6.15. The van der Waals surface area contributed by atoms with E-state index in [0.717, 1.165) is 0 Å². The van der Waals surface area contributed by atoms with E-state index in [4.69, 9.17) is 21.0 Å². The van der Waals surface area contributed by atoms with Gasteiger partial charge >= 0.3 is 6.61 Å². The molecule has 0 spiro atoms. The Balaban J connectivity index is 1.17. The van der Waals surface area contributed by atoms with Crippen LogP contribution in [0.5, 0.6) is 5.75 Å². The highest BCUT2D eigenvalue weighted by Gasteiger charge is 2.37. The number of imidazole rings is 1. The molecule has 0 amide bonds. The Morgan fingerprint density at radius 1 is 0.920 bits per heavy atom. The Bertz CT molecular complexity index is 2180. The van der Waals surface area contributed by atoms with Gasteiger partial charge in [-0.25, -0.2) is 29.8 Å². The maximum absolute atomic E-state index is 12.7. The molecule has 5 aromatic heterocycles. The number of alkyl halides is 2. The number of nitrogens with zero attached hydrogens (tertiary/aromatic N) is 9. The molecule has 1 saturated heterocycles. The van der Waals surface area contributed by atoms with Crippen molar-refractivity contribution in [3.8, 4) is 40.3 Å². The van der Waals surface area contributed by atoms with E-state index in [-0.39, 0.29) is 29.0 Å². The highest BCUT2D eigenvalue weighted by atomic mass is 19.3. The molecule has 1 aliphatic heterocycles. The van der Waals surface area contributed by atoms with Crippen LogP contribution in [-0.4, -0.2) is 75.3 Å². The van der Waals surface area contributed by atoms with Gasteiger partial charge in [0.15, 0.2) is 11.5 Å². The molecule has 0 saturated carbocycles. The van der Waals surface area contributed by atoms with Crippen LogP contribution >= 0.6 is 0 Å². The van der Waals surface area contributed by atoms with Crippen molar-refractivity contribution < 1.29 is 23.7 Å². The second kappa shape index (κ2) is 13.4. The van der Waals surface area contributed by atoms with Crippen molar-refractivity contribution in [2.24, 2.45) is 0 Å². The van der Waals surface area contributed by atoms with Crippen LogP contribution in [-0.2, 0) is 5.91 Å². The fraction of sp³-hybridized carbons (Fsp3) is 0.206. The number of fused-ring (bicyclic) bond motifs is 1. The molecule has 1 aliphatic rings. The summed E-state index contributed by atoms with van der Waals surface area (Å²) in [6.45, 7) is -2.20. The number of aromatic nitrogens is 7. The maximum atomic E-state index is 12.7. The zero-order valence-corrected chi connectivity index (χ0v) is 26.2. The Labute approximate surface area is 283 Å². The number of hydrogen-bond donors (Lipinski definition) is 4. The number of nitrogens with two attached hydrogens (primary N) is 1. The molecule has 0 aliphatic carbocycles. The number of anilines is 2. The van der Waals surface area contributed by atoms with Gasteiger partial charge < -0.3 is 26.0 Å². The number of hydrogen-bond acceptors (Lipinski definition) is 13. The first-order valence-corrected chi connectivity index (χ1v) is 15.5. The van der Waals surface area contributed by atoms with Gasteiger partial charge in [0, 0.05) is 42.8 Å². The highest BCUT2D eigenvalue weighted by molar-refractivity contribution is 5.84. The summed E-state index contributed by atoms with van der Waals surface area (Å²) in [5, 5.41) is 35.0. The molecule has 0 radical (unpaired) electrons. The third-order valence-corrected chi connectivity index (χ3v) is 8.36. The molecule has 6 heterocycles. The van der Waals surface area contributed by atoms with Crippen molar-refractivity contribution in [1.29, 1.82) is 5.26 Å². The predicted molar refractivity (Wildman–Crippen MR) is 177 cm³/mol. The number of nitriles is 1. The molecule has 1 fully saturated rings. The van der Waals surface area contributed by atoms with Crippen LogP contribution in [0.4, 0.5) is 20.4 Å².